The van der Waals surface area contributed by atoms with Crippen LogP contribution in [0, 0.1) is 18.3 Å². The molecule has 1 aromatic heterocycles. The quantitative estimate of drug-likeness (QED) is 0.284. The van der Waals surface area contributed by atoms with Crippen molar-refractivity contribution >= 4 is 28.2 Å². The van der Waals surface area contributed by atoms with E-state index in [-0.39, 0.29) is 13.0 Å². The molecule has 5 rings (SSSR count). The Bertz CT molecular complexity index is 1570. The monoisotopic (exact) mass is 599 g/mol. The summed E-state index contributed by atoms with van der Waals surface area (Å²) in [5, 5.41) is 12.0. The molecular formula is C34H42FN7O2. The van der Waals surface area contributed by atoms with Crippen molar-refractivity contribution in [3.8, 4) is 12.1 Å². The van der Waals surface area contributed by atoms with Gasteiger partial charge in [0.2, 0.25) is 0 Å². The number of nitrogens with zero attached hydrogens (tertiary/aromatic N) is 7. The molecule has 232 valence electrons. The predicted octanol–water partition coefficient (Wildman–Crippen LogP) is 5.02. The second-order valence-electron chi connectivity index (χ2n) is 11.9. The minimum absolute atomic E-state index is 0.0516. The van der Waals surface area contributed by atoms with Gasteiger partial charge in [-0.15, -0.1) is 0 Å². The number of hydrogen-bond acceptors (Lipinski definition) is 8. The fraction of sp³-hybridized carbons (Fsp3) is 0.471. The molecule has 2 aromatic carbocycles. The van der Waals surface area contributed by atoms with E-state index in [0.717, 1.165) is 37.2 Å². The number of ether oxygens (including phenoxy) is 1. The maximum Gasteiger partial charge on any atom is 0.318 e. The summed E-state index contributed by atoms with van der Waals surface area (Å²) in [6.07, 6.45) is 2.97. The minimum Gasteiger partial charge on any atom is -0.462 e. The van der Waals surface area contributed by atoms with Crippen LogP contribution < -0.4 is 14.5 Å². The Hall–Kier alpha value is -4.23. The number of carbonyl (C=O) groups excluding carboxylic acids is 1. The first kappa shape index (κ1) is 31.2. The van der Waals surface area contributed by atoms with Crippen LogP contribution in [0.3, 0.4) is 0 Å². The maximum absolute atomic E-state index is 13.9. The van der Waals surface area contributed by atoms with Crippen LogP contribution in [0.5, 0.6) is 6.01 Å². The van der Waals surface area contributed by atoms with Crippen LogP contribution in [0.15, 0.2) is 48.8 Å². The summed E-state index contributed by atoms with van der Waals surface area (Å²) in [5.74, 6) is -1.12. The van der Waals surface area contributed by atoms with Gasteiger partial charge in [0.15, 0.2) is 5.83 Å². The van der Waals surface area contributed by atoms with Gasteiger partial charge in [-0.1, -0.05) is 36.9 Å². The predicted molar refractivity (Wildman–Crippen MR) is 172 cm³/mol. The van der Waals surface area contributed by atoms with Crippen LogP contribution in [0.2, 0.25) is 0 Å². The highest BCUT2D eigenvalue weighted by Crippen LogP contribution is 2.35. The lowest BCUT2D eigenvalue weighted by Crippen LogP contribution is -2.46. The highest BCUT2D eigenvalue weighted by molar-refractivity contribution is 5.97. The lowest BCUT2D eigenvalue weighted by atomic mass is 9.99. The molecule has 0 saturated carbocycles. The van der Waals surface area contributed by atoms with Gasteiger partial charge in [0.05, 0.1) is 30.8 Å². The van der Waals surface area contributed by atoms with E-state index in [2.05, 4.69) is 72.8 Å². The van der Waals surface area contributed by atoms with Gasteiger partial charge in [-0.3, -0.25) is 4.79 Å². The molecule has 0 radical (unpaired) electrons. The van der Waals surface area contributed by atoms with E-state index in [1.165, 1.54) is 26.9 Å². The van der Waals surface area contributed by atoms with Crippen molar-refractivity contribution in [3.05, 3.63) is 65.6 Å². The number of anilines is 2. The first-order valence-electron chi connectivity index (χ1n) is 15.4. The number of benzene rings is 2. The largest absolute Gasteiger partial charge is 0.462 e. The van der Waals surface area contributed by atoms with Crippen molar-refractivity contribution in [1.29, 1.82) is 5.26 Å². The normalized spacial score (nSPS) is 17.2. The number of aromatic nitrogens is 2. The number of rotatable bonds is 11. The Morgan fingerprint density at radius 2 is 2.02 bits per heavy atom. The number of amides is 1. The summed E-state index contributed by atoms with van der Waals surface area (Å²) in [6, 6.07) is 15.0. The van der Waals surface area contributed by atoms with Crippen molar-refractivity contribution in [2.24, 2.45) is 0 Å². The number of likely N-dealkylation sites (tertiary alicyclic amines) is 1. The number of likely N-dealkylation sites (N-methyl/N-ethyl adjacent to an activating group) is 3. The van der Waals surface area contributed by atoms with Crippen molar-refractivity contribution in [2.45, 2.75) is 58.2 Å². The second kappa shape index (κ2) is 13.6. The molecule has 0 N–H and O–H groups in total. The molecule has 0 spiro atoms. The molecule has 1 amide bonds. The smallest absolute Gasteiger partial charge is 0.318 e. The number of halogens is 1. The third kappa shape index (κ3) is 6.48. The summed E-state index contributed by atoms with van der Waals surface area (Å²) in [5.41, 5.74) is 4.32. The molecular weight excluding hydrogens is 557 g/mol. The number of hydrogen-bond donors (Lipinski definition) is 0. The molecule has 44 heavy (non-hydrogen) atoms. The topological polar surface area (TPSA) is 88.8 Å². The molecule has 2 aliphatic heterocycles. The fourth-order valence-electron chi connectivity index (χ4n) is 6.61. The van der Waals surface area contributed by atoms with Gasteiger partial charge in [0, 0.05) is 49.4 Å². The van der Waals surface area contributed by atoms with Crippen LogP contribution in [0.25, 0.3) is 10.8 Å². The highest BCUT2D eigenvalue weighted by Gasteiger charge is 2.30. The van der Waals surface area contributed by atoms with Crippen molar-refractivity contribution in [3.63, 3.8) is 0 Å². The average molecular weight is 600 g/mol. The van der Waals surface area contributed by atoms with Gasteiger partial charge in [0.1, 0.15) is 12.4 Å². The van der Waals surface area contributed by atoms with E-state index in [1.807, 2.05) is 11.9 Å². The molecule has 0 unspecified atom stereocenters. The van der Waals surface area contributed by atoms with E-state index in [0.29, 0.717) is 44.0 Å². The molecule has 2 aliphatic rings. The second-order valence-corrected chi connectivity index (χ2v) is 11.9. The van der Waals surface area contributed by atoms with Crippen LogP contribution >= 0.6 is 0 Å². The van der Waals surface area contributed by atoms with Crippen LogP contribution in [-0.4, -0.2) is 84.6 Å². The molecule has 1 fully saturated rings. The van der Waals surface area contributed by atoms with E-state index < -0.39 is 17.8 Å². The van der Waals surface area contributed by atoms with Crippen LogP contribution in [-0.2, 0) is 17.8 Å². The lowest BCUT2D eigenvalue weighted by Gasteiger charge is -2.36. The summed E-state index contributed by atoms with van der Waals surface area (Å²) < 4.78 is 20.1. The van der Waals surface area contributed by atoms with Gasteiger partial charge >= 0.3 is 6.01 Å². The minimum atomic E-state index is -1.03. The van der Waals surface area contributed by atoms with Crippen molar-refractivity contribution in [1.82, 2.24) is 19.8 Å². The maximum atomic E-state index is 13.9. The zero-order valence-electron chi connectivity index (χ0n) is 26.2. The molecule has 0 aliphatic carbocycles. The molecule has 9 nitrogen and oxygen atoms in total. The summed E-state index contributed by atoms with van der Waals surface area (Å²) in [6.45, 7) is 10.6. The Morgan fingerprint density at radius 3 is 2.70 bits per heavy atom. The first-order chi connectivity index (χ1) is 21.2. The molecule has 10 heteroatoms. The number of nitriles is 1. The Kier molecular flexibility index (Phi) is 9.64. The third-order valence-electron chi connectivity index (χ3n) is 8.98. The number of carbonyl (C=O) groups is 1. The summed E-state index contributed by atoms with van der Waals surface area (Å²) in [7, 11) is 4.00. The first-order valence-corrected chi connectivity index (χ1v) is 15.4. The third-order valence-corrected chi connectivity index (χ3v) is 8.98. The molecule has 0 bridgehead atoms. The van der Waals surface area contributed by atoms with E-state index in [4.69, 9.17) is 14.7 Å². The van der Waals surface area contributed by atoms with E-state index in [1.54, 1.807) is 6.92 Å². The fourth-order valence-corrected chi connectivity index (χ4v) is 6.61. The zero-order valence-corrected chi connectivity index (χ0v) is 26.2. The van der Waals surface area contributed by atoms with Gasteiger partial charge in [-0.2, -0.15) is 15.2 Å². The summed E-state index contributed by atoms with van der Waals surface area (Å²) in [4.78, 5) is 30.4. The average Bonchev–Trinajstić information content (AvgIpc) is 3.43. The molecule has 1 saturated heterocycles. The van der Waals surface area contributed by atoms with Gasteiger partial charge in [0.25, 0.3) is 5.91 Å². The summed E-state index contributed by atoms with van der Waals surface area (Å²) >= 11 is 0. The highest BCUT2D eigenvalue weighted by atomic mass is 19.1. The van der Waals surface area contributed by atoms with E-state index in [9.17, 15) is 14.4 Å². The Balaban J connectivity index is 1.49. The molecule has 2 atom stereocenters. The van der Waals surface area contributed by atoms with Crippen molar-refractivity contribution < 1.29 is 13.9 Å². The van der Waals surface area contributed by atoms with Crippen molar-refractivity contribution in [2.75, 3.05) is 56.7 Å². The van der Waals surface area contributed by atoms with Crippen LogP contribution in [0.1, 0.15) is 43.0 Å². The SMILES string of the molecule is C=C(F)C(=O)N(CC)[C@@H](CC#N)CN(C)c1nc(OC[C@@H]2CCCN2C)nc2c1CCN(c1cccc3cccc(C)c13)C2. The zero-order chi connectivity index (χ0) is 31.4. The van der Waals surface area contributed by atoms with Gasteiger partial charge in [-0.25, -0.2) is 4.39 Å². The molecule has 3 aromatic rings. The number of fused-ring (bicyclic) bond motifs is 2. The van der Waals surface area contributed by atoms with Gasteiger partial charge < -0.3 is 24.3 Å². The lowest BCUT2D eigenvalue weighted by molar-refractivity contribution is -0.130. The Morgan fingerprint density at radius 1 is 1.25 bits per heavy atom. The van der Waals surface area contributed by atoms with Gasteiger partial charge in [-0.05, 0) is 63.7 Å². The van der Waals surface area contributed by atoms with E-state index >= 15 is 0 Å². The van der Waals surface area contributed by atoms with Crippen LogP contribution in [0.4, 0.5) is 15.9 Å². The Labute approximate surface area is 259 Å². The molecule has 3 heterocycles. The number of aryl methyl sites for hydroxylation is 1. The standard InChI is InChI=1S/C34H42FN7O2/c1-6-42(33(43)24(3)35)26(15-17-36)20-40(5)32-28-16-19-41(30-14-8-12-25-11-7-10-23(2)31(25)30)21-29(28)37-34(38-32)44-22-27-13-9-18-39(27)4/h7-8,10-12,14,26-27H,3,6,9,13,15-16,18-22H2,1-2,4-5H3/t26-,27-/m0/s1.